The third-order valence-corrected chi connectivity index (χ3v) is 2.31. The van der Waals surface area contributed by atoms with Crippen molar-refractivity contribution in [1.82, 2.24) is 10.3 Å². The molecule has 0 aliphatic heterocycles. The van der Waals surface area contributed by atoms with Crippen LogP contribution in [0.1, 0.15) is 12.6 Å². The molecule has 0 amide bonds. The summed E-state index contributed by atoms with van der Waals surface area (Å²) >= 11 is 0. The van der Waals surface area contributed by atoms with Crippen LogP contribution in [0.25, 0.3) is 0 Å². The van der Waals surface area contributed by atoms with Gasteiger partial charge in [-0.25, -0.2) is 4.98 Å². The summed E-state index contributed by atoms with van der Waals surface area (Å²) in [5, 5.41) is 3.20. The lowest BCUT2D eigenvalue weighted by Gasteiger charge is -2.14. The molecule has 1 unspecified atom stereocenters. The van der Waals surface area contributed by atoms with Crippen molar-refractivity contribution in [2.75, 3.05) is 27.4 Å². The molecule has 4 nitrogen and oxygen atoms in total. The number of aromatic nitrogens is 1. The third kappa shape index (κ3) is 4.16. The molecule has 1 atom stereocenters. The van der Waals surface area contributed by atoms with E-state index in [0.717, 1.165) is 12.1 Å². The minimum Gasteiger partial charge on any atom is -0.478 e. The van der Waals surface area contributed by atoms with Crippen molar-refractivity contribution < 1.29 is 9.47 Å². The number of pyridine rings is 1. The summed E-state index contributed by atoms with van der Waals surface area (Å²) in [5.74, 6) is 0.687. The number of methoxy groups -OCH3 is 1. The molecule has 0 aromatic carbocycles. The van der Waals surface area contributed by atoms with Gasteiger partial charge in [-0.3, -0.25) is 0 Å². The zero-order chi connectivity index (χ0) is 11.8. The van der Waals surface area contributed by atoms with Crippen molar-refractivity contribution in [1.29, 1.82) is 0 Å². The first-order chi connectivity index (χ1) is 7.80. The second-order valence-electron chi connectivity index (χ2n) is 3.55. The van der Waals surface area contributed by atoms with E-state index in [-0.39, 0.29) is 6.04 Å². The zero-order valence-electron chi connectivity index (χ0n) is 10.2. The van der Waals surface area contributed by atoms with Gasteiger partial charge in [-0.1, -0.05) is 6.07 Å². The Balaban J connectivity index is 2.60. The van der Waals surface area contributed by atoms with Crippen molar-refractivity contribution in [2.45, 2.75) is 19.4 Å². The number of ether oxygens (including phenoxy) is 2. The van der Waals surface area contributed by atoms with Crippen molar-refractivity contribution in [3.05, 3.63) is 23.9 Å². The summed E-state index contributed by atoms with van der Waals surface area (Å²) in [4.78, 5) is 4.41. The quantitative estimate of drug-likeness (QED) is 0.757. The van der Waals surface area contributed by atoms with Crippen LogP contribution >= 0.6 is 0 Å². The van der Waals surface area contributed by atoms with Gasteiger partial charge in [-0.15, -0.1) is 0 Å². The van der Waals surface area contributed by atoms with Gasteiger partial charge in [-0.2, -0.15) is 0 Å². The summed E-state index contributed by atoms with van der Waals surface area (Å²) in [7, 11) is 3.63. The predicted octanol–water partition coefficient (Wildman–Crippen LogP) is 1.26. The number of rotatable bonds is 7. The molecular weight excluding hydrogens is 204 g/mol. The summed E-state index contributed by atoms with van der Waals surface area (Å²) in [5.41, 5.74) is 1.02. The van der Waals surface area contributed by atoms with Gasteiger partial charge in [0, 0.05) is 31.3 Å². The Morgan fingerprint density at radius 2 is 2.25 bits per heavy atom. The normalized spacial score (nSPS) is 12.4. The van der Waals surface area contributed by atoms with Crippen LogP contribution in [0.5, 0.6) is 5.88 Å². The molecule has 0 spiro atoms. The minimum absolute atomic E-state index is 0.286. The van der Waals surface area contributed by atoms with Gasteiger partial charge in [0.1, 0.15) is 0 Å². The Labute approximate surface area is 97.0 Å². The number of hydrogen-bond donors (Lipinski definition) is 1. The molecule has 0 saturated carbocycles. The van der Waals surface area contributed by atoms with Crippen molar-refractivity contribution in [3.63, 3.8) is 0 Å². The van der Waals surface area contributed by atoms with E-state index >= 15 is 0 Å². The summed E-state index contributed by atoms with van der Waals surface area (Å²) in [6, 6.07) is 6.13. The molecule has 0 radical (unpaired) electrons. The number of hydrogen-bond acceptors (Lipinski definition) is 4. The molecule has 16 heavy (non-hydrogen) atoms. The topological polar surface area (TPSA) is 43.4 Å². The highest BCUT2D eigenvalue weighted by Gasteiger charge is 2.08. The molecule has 0 aliphatic rings. The highest BCUT2D eigenvalue weighted by atomic mass is 16.5. The second kappa shape index (κ2) is 7.19. The van der Waals surface area contributed by atoms with Gasteiger partial charge < -0.3 is 14.8 Å². The van der Waals surface area contributed by atoms with Crippen molar-refractivity contribution in [2.24, 2.45) is 0 Å². The smallest absolute Gasteiger partial charge is 0.213 e. The lowest BCUT2D eigenvalue weighted by Crippen LogP contribution is -2.32. The van der Waals surface area contributed by atoms with E-state index in [1.54, 1.807) is 7.11 Å². The molecule has 0 fully saturated rings. The monoisotopic (exact) mass is 224 g/mol. The SMILES string of the molecule is CCOc1cccc(CC(COC)NC)n1. The zero-order valence-corrected chi connectivity index (χ0v) is 10.2. The fraction of sp³-hybridized carbons (Fsp3) is 0.583. The average molecular weight is 224 g/mol. The molecule has 1 aromatic rings. The van der Waals surface area contributed by atoms with E-state index in [4.69, 9.17) is 9.47 Å². The first-order valence-corrected chi connectivity index (χ1v) is 5.55. The number of nitrogens with one attached hydrogen (secondary N) is 1. The molecule has 1 aromatic heterocycles. The largest absolute Gasteiger partial charge is 0.478 e. The van der Waals surface area contributed by atoms with Crippen LogP contribution in [0.3, 0.4) is 0 Å². The Morgan fingerprint density at radius 3 is 2.88 bits per heavy atom. The molecule has 0 bridgehead atoms. The predicted molar refractivity (Wildman–Crippen MR) is 63.8 cm³/mol. The molecule has 1 N–H and O–H groups in total. The van der Waals surface area contributed by atoms with E-state index in [9.17, 15) is 0 Å². The maximum absolute atomic E-state index is 5.36. The summed E-state index contributed by atoms with van der Waals surface area (Å²) in [6.07, 6.45) is 0.839. The van der Waals surface area contributed by atoms with Crippen molar-refractivity contribution >= 4 is 0 Å². The van der Waals surface area contributed by atoms with Gasteiger partial charge in [0.05, 0.1) is 13.2 Å². The molecule has 4 heteroatoms. The van der Waals surface area contributed by atoms with Crippen LogP contribution in [0, 0.1) is 0 Å². The first kappa shape index (κ1) is 12.9. The van der Waals surface area contributed by atoms with Crippen LogP contribution < -0.4 is 10.1 Å². The highest BCUT2D eigenvalue weighted by Crippen LogP contribution is 2.09. The Morgan fingerprint density at radius 1 is 1.44 bits per heavy atom. The van der Waals surface area contributed by atoms with E-state index < -0.39 is 0 Å². The van der Waals surface area contributed by atoms with Gasteiger partial charge >= 0.3 is 0 Å². The van der Waals surface area contributed by atoms with Crippen LogP contribution in [-0.2, 0) is 11.2 Å². The average Bonchev–Trinajstić information content (AvgIpc) is 2.29. The van der Waals surface area contributed by atoms with Crippen LogP contribution in [0.2, 0.25) is 0 Å². The lowest BCUT2D eigenvalue weighted by atomic mass is 10.1. The van der Waals surface area contributed by atoms with E-state index in [2.05, 4.69) is 10.3 Å². The highest BCUT2D eigenvalue weighted by molar-refractivity contribution is 5.16. The molecular formula is C12H20N2O2. The van der Waals surface area contributed by atoms with Gasteiger partial charge in [0.25, 0.3) is 0 Å². The minimum atomic E-state index is 0.286. The molecule has 1 rings (SSSR count). The molecule has 1 heterocycles. The van der Waals surface area contributed by atoms with E-state index in [1.807, 2.05) is 32.2 Å². The van der Waals surface area contributed by atoms with Crippen LogP contribution in [0.15, 0.2) is 18.2 Å². The summed E-state index contributed by atoms with van der Waals surface area (Å²) in [6.45, 7) is 3.27. The van der Waals surface area contributed by atoms with Crippen LogP contribution in [0.4, 0.5) is 0 Å². The van der Waals surface area contributed by atoms with Gasteiger partial charge in [0.15, 0.2) is 0 Å². The Bertz CT molecular complexity index is 305. The standard InChI is InChI=1S/C12H20N2O2/c1-4-16-12-7-5-6-10(14-12)8-11(13-2)9-15-3/h5-7,11,13H,4,8-9H2,1-3H3. The Kier molecular flexibility index (Phi) is 5.82. The Hall–Kier alpha value is -1.13. The molecule has 90 valence electrons. The third-order valence-electron chi connectivity index (χ3n) is 2.31. The first-order valence-electron chi connectivity index (χ1n) is 5.55. The number of likely N-dealkylation sites (N-methyl/N-ethyl adjacent to an activating group) is 1. The maximum Gasteiger partial charge on any atom is 0.213 e. The van der Waals surface area contributed by atoms with E-state index in [0.29, 0.717) is 19.1 Å². The summed E-state index contributed by atoms with van der Waals surface area (Å²) < 4.78 is 10.5. The number of nitrogens with zero attached hydrogens (tertiary/aromatic N) is 1. The van der Waals surface area contributed by atoms with Gasteiger partial charge in [0.2, 0.25) is 5.88 Å². The maximum atomic E-state index is 5.36. The fourth-order valence-corrected chi connectivity index (χ4v) is 1.50. The van der Waals surface area contributed by atoms with E-state index in [1.165, 1.54) is 0 Å². The molecule has 0 saturated heterocycles. The lowest BCUT2D eigenvalue weighted by molar-refractivity contribution is 0.169. The van der Waals surface area contributed by atoms with Gasteiger partial charge in [-0.05, 0) is 20.0 Å². The van der Waals surface area contributed by atoms with Crippen molar-refractivity contribution in [3.8, 4) is 5.88 Å². The second-order valence-corrected chi connectivity index (χ2v) is 3.55. The molecule has 0 aliphatic carbocycles. The fourth-order valence-electron chi connectivity index (χ4n) is 1.50. The van der Waals surface area contributed by atoms with Crippen LogP contribution in [-0.4, -0.2) is 38.4 Å².